The number of fused-ring (bicyclic) bond motifs is 1. The van der Waals surface area contributed by atoms with Crippen molar-refractivity contribution < 1.29 is 4.74 Å². The summed E-state index contributed by atoms with van der Waals surface area (Å²) in [5.74, 6) is 1.45. The Morgan fingerprint density at radius 2 is 1.95 bits per heavy atom. The second-order valence-corrected chi connectivity index (χ2v) is 4.64. The van der Waals surface area contributed by atoms with E-state index in [4.69, 9.17) is 16.3 Å². The van der Waals surface area contributed by atoms with Crippen molar-refractivity contribution in [3.8, 4) is 11.4 Å². The minimum atomic E-state index is 0.421. The maximum atomic E-state index is 6.11. The van der Waals surface area contributed by atoms with Crippen molar-refractivity contribution in [2.45, 2.75) is 13.8 Å². The zero-order valence-electron chi connectivity index (χ0n) is 11.2. The van der Waals surface area contributed by atoms with Crippen LogP contribution in [0, 0.1) is 6.92 Å². The van der Waals surface area contributed by atoms with E-state index in [1.54, 1.807) is 17.8 Å². The van der Waals surface area contributed by atoms with Gasteiger partial charge in [-0.15, -0.1) is 0 Å². The molecular weight excluding hydrogens is 276 g/mol. The molecule has 0 amide bonds. The van der Waals surface area contributed by atoms with E-state index in [1.807, 2.05) is 31.2 Å². The van der Waals surface area contributed by atoms with Crippen molar-refractivity contribution in [1.82, 2.24) is 19.7 Å². The van der Waals surface area contributed by atoms with Crippen molar-refractivity contribution in [2.75, 3.05) is 6.61 Å². The second-order valence-electron chi connectivity index (χ2n) is 4.28. The minimum absolute atomic E-state index is 0.421. The first-order valence-corrected chi connectivity index (χ1v) is 6.68. The molecule has 0 fully saturated rings. The summed E-state index contributed by atoms with van der Waals surface area (Å²) < 4.78 is 7.17. The van der Waals surface area contributed by atoms with Gasteiger partial charge in [0.05, 0.1) is 23.9 Å². The number of hydrogen-bond donors (Lipinski definition) is 0. The lowest BCUT2D eigenvalue weighted by atomic mass is 10.3. The lowest BCUT2D eigenvalue weighted by Gasteiger charge is -2.06. The number of nitrogens with zero attached hydrogens (tertiary/aromatic N) is 4. The van der Waals surface area contributed by atoms with Gasteiger partial charge < -0.3 is 4.74 Å². The Labute approximate surface area is 121 Å². The standard InChI is InChI=1S/C14H13ClN4O/c1-3-20-11-6-4-10(5-7-11)19-14-12(8-16-19)13(15)17-9(2)18-14/h4-8H,3H2,1-2H3. The van der Waals surface area contributed by atoms with Gasteiger partial charge in [0.25, 0.3) is 0 Å². The van der Waals surface area contributed by atoms with Crippen LogP contribution in [-0.4, -0.2) is 26.4 Å². The maximum Gasteiger partial charge on any atom is 0.168 e. The highest BCUT2D eigenvalue weighted by molar-refractivity contribution is 6.33. The first kappa shape index (κ1) is 12.9. The largest absolute Gasteiger partial charge is 0.494 e. The zero-order valence-corrected chi connectivity index (χ0v) is 11.9. The van der Waals surface area contributed by atoms with Gasteiger partial charge in [-0.05, 0) is 38.1 Å². The summed E-state index contributed by atoms with van der Waals surface area (Å²) in [5.41, 5.74) is 1.60. The molecule has 20 heavy (non-hydrogen) atoms. The van der Waals surface area contributed by atoms with Gasteiger partial charge in [0.15, 0.2) is 5.65 Å². The quantitative estimate of drug-likeness (QED) is 0.695. The maximum absolute atomic E-state index is 6.11. The molecule has 0 unspecified atom stereocenters. The van der Waals surface area contributed by atoms with E-state index >= 15 is 0 Å². The fourth-order valence-corrected chi connectivity index (χ4v) is 2.27. The Morgan fingerprint density at radius 3 is 2.65 bits per heavy atom. The van der Waals surface area contributed by atoms with Crippen LogP contribution in [0.3, 0.4) is 0 Å². The van der Waals surface area contributed by atoms with E-state index in [1.165, 1.54) is 0 Å². The van der Waals surface area contributed by atoms with Crippen LogP contribution in [-0.2, 0) is 0 Å². The van der Waals surface area contributed by atoms with E-state index in [2.05, 4.69) is 15.1 Å². The van der Waals surface area contributed by atoms with Crippen molar-refractivity contribution in [2.24, 2.45) is 0 Å². The number of halogens is 1. The first-order chi connectivity index (χ1) is 9.69. The predicted molar refractivity (Wildman–Crippen MR) is 77.6 cm³/mol. The molecule has 0 aliphatic carbocycles. The smallest absolute Gasteiger partial charge is 0.168 e. The van der Waals surface area contributed by atoms with Gasteiger partial charge >= 0.3 is 0 Å². The van der Waals surface area contributed by atoms with E-state index in [-0.39, 0.29) is 0 Å². The monoisotopic (exact) mass is 288 g/mol. The molecule has 0 aliphatic heterocycles. The van der Waals surface area contributed by atoms with E-state index < -0.39 is 0 Å². The highest BCUT2D eigenvalue weighted by atomic mass is 35.5. The van der Waals surface area contributed by atoms with Crippen LogP contribution >= 0.6 is 11.6 Å². The van der Waals surface area contributed by atoms with Crippen LogP contribution in [0.4, 0.5) is 0 Å². The Balaban J connectivity index is 2.10. The summed E-state index contributed by atoms with van der Waals surface area (Å²) in [7, 11) is 0. The topological polar surface area (TPSA) is 52.8 Å². The summed E-state index contributed by atoms with van der Waals surface area (Å²) in [5, 5.41) is 5.49. The molecule has 0 saturated carbocycles. The van der Waals surface area contributed by atoms with Crippen molar-refractivity contribution in [3.63, 3.8) is 0 Å². The van der Waals surface area contributed by atoms with Crippen molar-refractivity contribution >= 4 is 22.6 Å². The highest BCUT2D eigenvalue weighted by Crippen LogP contribution is 2.23. The minimum Gasteiger partial charge on any atom is -0.494 e. The van der Waals surface area contributed by atoms with Gasteiger partial charge in [-0.1, -0.05) is 11.6 Å². The molecule has 1 aromatic carbocycles. The molecule has 6 heteroatoms. The Kier molecular flexibility index (Phi) is 3.28. The van der Waals surface area contributed by atoms with Crippen LogP contribution in [0.1, 0.15) is 12.7 Å². The van der Waals surface area contributed by atoms with Gasteiger partial charge in [-0.2, -0.15) is 5.10 Å². The Bertz CT molecular complexity index is 752. The first-order valence-electron chi connectivity index (χ1n) is 6.30. The van der Waals surface area contributed by atoms with Gasteiger partial charge in [-0.25, -0.2) is 14.6 Å². The number of aromatic nitrogens is 4. The fourth-order valence-electron chi connectivity index (χ4n) is 2.01. The van der Waals surface area contributed by atoms with Crippen LogP contribution in [0.25, 0.3) is 16.7 Å². The third-order valence-electron chi connectivity index (χ3n) is 2.89. The van der Waals surface area contributed by atoms with E-state index in [0.717, 1.165) is 16.8 Å². The molecule has 5 nitrogen and oxygen atoms in total. The van der Waals surface area contributed by atoms with Gasteiger partial charge in [0, 0.05) is 0 Å². The number of aryl methyl sites for hydroxylation is 1. The summed E-state index contributed by atoms with van der Waals surface area (Å²) in [6.07, 6.45) is 1.67. The van der Waals surface area contributed by atoms with Crippen molar-refractivity contribution in [1.29, 1.82) is 0 Å². The van der Waals surface area contributed by atoms with Gasteiger partial charge in [0.2, 0.25) is 0 Å². The summed E-state index contributed by atoms with van der Waals surface area (Å²) >= 11 is 6.11. The third kappa shape index (κ3) is 2.20. The van der Waals surface area contributed by atoms with E-state index in [9.17, 15) is 0 Å². The Morgan fingerprint density at radius 1 is 1.20 bits per heavy atom. The second kappa shape index (κ2) is 5.09. The molecule has 2 aromatic heterocycles. The molecule has 0 spiro atoms. The molecular formula is C14H13ClN4O. The third-order valence-corrected chi connectivity index (χ3v) is 3.17. The predicted octanol–water partition coefficient (Wildman–Crippen LogP) is 3.18. The molecule has 3 aromatic rings. The highest BCUT2D eigenvalue weighted by Gasteiger charge is 2.11. The average Bonchev–Trinajstić information content (AvgIpc) is 2.84. The van der Waals surface area contributed by atoms with E-state index in [0.29, 0.717) is 23.2 Å². The number of ether oxygens (including phenoxy) is 1. The molecule has 0 atom stereocenters. The van der Waals surface area contributed by atoms with Crippen LogP contribution in [0.15, 0.2) is 30.5 Å². The normalized spacial score (nSPS) is 10.9. The lowest BCUT2D eigenvalue weighted by Crippen LogP contribution is -2.00. The summed E-state index contributed by atoms with van der Waals surface area (Å²) in [4.78, 5) is 8.53. The fraction of sp³-hybridized carbons (Fsp3) is 0.214. The van der Waals surface area contributed by atoms with Crippen LogP contribution < -0.4 is 4.74 Å². The summed E-state index contributed by atoms with van der Waals surface area (Å²) in [6, 6.07) is 7.68. The average molecular weight is 289 g/mol. The molecule has 0 N–H and O–H groups in total. The number of rotatable bonds is 3. The van der Waals surface area contributed by atoms with Gasteiger partial charge in [0.1, 0.15) is 16.7 Å². The Hall–Kier alpha value is -2.14. The molecule has 3 rings (SSSR count). The molecule has 0 radical (unpaired) electrons. The van der Waals surface area contributed by atoms with Gasteiger partial charge in [-0.3, -0.25) is 0 Å². The summed E-state index contributed by atoms with van der Waals surface area (Å²) in [6.45, 7) is 4.41. The van der Waals surface area contributed by atoms with Crippen molar-refractivity contribution in [3.05, 3.63) is 41.4 Å². The SMILES string of the molecule is CCOc1ccc(-n2ncc3c(Cl)nc(C)nc32)cc1. The van der Waals surface area contributed by atoms with Crippen LogP contribution in [0.2, 0.25) is 5.15 Å². The number of hydrogen-bond acceptors (Lipinski definition) is 4. The molecule has 0 bridgehead atoms. The molecule has 2 heterocycles. The molecule has 102 valence electrons. The molecule has 0 aliphatic rings. The zero-order chi connectivity index (χ0) is 14.1. The number of benzene rings is 1. The lowest BCUT2D eigenvalue weighted by molar-refractivity contribution is 0.340. The van der Waals surface area contributed by atoms with Crippen LogP contribution in [0.5, 0.6) is 5.75 Å². The molecule has 0 saturated heterocycles.